The standard InChI is InChI=1S/C23H22FN5O/c24-18-7-1-5-16(13-18)14-26-23(30)17-6-3-11-28(15-17)22-20-9-4-12-29(20)19-8-2-10-25-21(19)27-22/h1-2,4-5,7-10,12-13,17H,3,6,11,14-15H2,(H,26,30)/t17-/m0/s1. The number of amides is 1. The van der Waals surface area contributed by atoms with Crippen LogP contribution in [-0.2, 0) is 11.3 Å². The molecule has 1 amide bonds. The second kappa shape index (κ2) is 7.74. The number of benzene rings is 1. The van der Waals surface area contributed by atoms with Gasteiger partial charge in [0.1, 0.15) is 5.82 Å². The van der Waals surface area contributed by atoms with Gasteiger partial charge in [-0.15, -0.1) is 0 Å². The molecule has 1 aromatic carbocycles. The van der Waals surface area contributed by atoms with Crippen LogP contribution in [0.4, 0.5) is 10.2 Å². The Morgan fingerprint density at radius 1 is 1.17 bits per heavy atom. The van der Waals surface area contributed by atoms with E-state index in [1.165, 1.54) is 12.1 Å². The van der Waals surface area contributed by atoms with Crippen LogP contribution in [0, 0.1) is 11.7 Å². The Kier molecular flexibility index (Phi) is 4.78. The van der Waals surface area contributed by atoms with Crippen LogP contribution >= 0.6 is 0 Å². The molecule has 1 atom stereocenters. The minimum atomic E-state index is -0.294. The third kappa shape index (κ3) is 3.47. The number of pyridine rings is 1. The number of carbonyl (C=O) groups excluding carboxylic acids is 1. The van der Waals surface area contributed by atoms with Crippen molar-refractivity contribution in [3.8, 4) is 0 Å². The number of hydrogen-bond acceptors (Lipinski definition) is 4. The molecular weight excluding hydrogens is 381 g/mol. The van der Waals surface area contributed by atoms with Gasteiger partial charge in [-0.1, -0.05) is 12.1 Å². The largest absolute Gasteiger partial charge is 0.354 e. The first-order valence-electron chi connectivity index (χ1n) is 10.2. The van der Waals surface area contributed by atoms with E-state index in [1.54, 1.807) is 12.3 Å². The molecule has 1 aliphatic heterocycles. The van der Waals surface area contributed by atoms with E-state index < -0.39 is 0 Å². The summed E-state index contributed by atoms with van der Waals surface area (Å²) in [5, 5.41) is 2.96. The third-order valence-corrected chi connectivity index (χ3v) is 5.66. The molecule has 0 spiro atoms. The van der Waals surface area contributed by atoms with Gasteiger partial charge >= 0.3 is 0 Å². The Labute approximate surface area is 173 Å². The second-order valence-corrected chi connectivity index (χ2v) is 7.68. The van der Waals surface area contributed by atoms with Gasteiger partial charge in [-0.2, -0.15) is 0 Å². The maximum absolute atomic E-state index is 13.4. The fraction of sp³-hybridized carbons (Fsp3) is 0.261. The number of hydrogen-bond donors (Lipinski definition) is 1. The summed E-state index contributed by atoms with van der Waals surface area (Å²) < 4.78 is 15.5. The summed E-state index contributed by atoms with van der Waals surface area (Å²) in [5.41, 5.74) is 3.42. The maximum Gasteiger partial charge on any atom is 0.225 e. The zero-order valence-corrected chi connectivity index (χ0v) is 16.5. The summed E-state index contributed by atoms with van der Waals surface area (Å²) in [5.74, 6) is 0.421. The first kappa shape index (κ1) is 18.5. The number of carbonyl (C=O) groups is 1. The summed E-state index contributed by atoms with van der Waals surface area (Å²) in [7, 11) is 0. The average Bonchev–Trinajstić information content (AvgIpc) is 3.27. The van der Waals surface area contributed by atoms with Crippen LogP contribution in [0.25, 0.3) is 16.7 Å². The van der Waals surface area contributed by atoms with Crippen LogP contribution in [0.15, 0.2) is 60.9 Å². The highest BCUT2D eigenvalue weighted by molar-refractivity contribution is 5.84. The van der Waals surface area contributed by atoms with Crippen molar-refractivity contribution >= 4 is 28.4 Å². The van der Waals surface area contributed by atoms with Gasteiger partial charge in [0.2, 0.25) is 5.91 Å². The SMILES string of the molecule is O=C(NCc1cccc(F)c1)[C@H]1CCCN(c2nc3ncccc3n3cccc23)C1. The van der Waals surface area contributed by atoms with Crippen molar-refractivity contribution in [2.24, 2.45) is 5.92 Å². The van der Waals surface area contributed by atoms with Crippen LogP contribution < -0.4 is 10.2 Å². The van der Waals surface area contributed by atoms with Crippen LogP contribution in [0.1, 0.15) is 18.4 Å². The molecule has 30 heavy (non-hydrogen) atoms. The lowest BCUT2D eigenvalue weighted by Gasteiger charge is -2.33. The van der Waals surface area contributed by atoms with E-state index in [2.05, 4.69) is 19.6 Å². The Bertz CT molecular complexity index is 1220. The average molecular weight is 403 g/mol. The van der Waals surface area contributed by atoms with E-state index in [-0.39, 0.29) is 17.6 Å². The number of halogens is 1. The first-order chi connectivity index (χ1) is 14.7. The predicted molar refractivity (Wildman–Crippen MR) is 114 cm³/mol. The van der Waals surface area contributed by atoms with Gasteiger partial charge in [0.15, 0.2) is 11.5 Å². The normalized spacial score (nSPS) is 16.8. The smallest absolute Gasteiger partial charge is 0.225 e. The van der Waals surface area contributed by atoms with Gasteiger partial charge in [0.25, 0.3) is 0 Å². The van der Waals surface area contributed by atoms with Crippen LogP contribution in [0.2, 0.25) is 0 Å². The topological polar surface area (TPSA) is 62.5 Å². The van der Waals surface area contributed by atoms with E-state index in [4.69, 9.17) is 4.98 Å². The van der Waals surface area contributed by atoms with E-state index in [1.807, 2.05) is 36.5 Å². The molecule has 1 aliphatic rings. The van der Waals surface area contributed by atoms with Crippen LogP contribution in [0.5, 0.6) is 0 Å². The summed E-state index contributed by atoms with van der Waals surface area (Å²) in [6.07, 6.45) is 5.49. The Balaban J connectivity index is 1.36. The Morgan fingerprint density at radius 2 is 2.07 bits per heavy atom. The number of anilines is 1. The molecule has 0 aliphatic carbocycles. The number of piperidine rings is 1. The second-order valence-electron chi connectivity index (χ2n) is 7.68. The number of nitrogens with zero attached hydrogens (tertiary/aromatic N) is 4. The van der Waals surface area contributed by atoms with Gasteiger partial charge in [0.05, 0.1) is 17.0 Å². The molecule has 1 fully saturated rings. The molecule has 7 heteroatoms. The Morgan fingerprint density at radius 3 is 2.97 bits per heavy atom. The molecule has 1 N–H and O–H groups in total. The highest BCUT2D eigenvalue weighted by atomic mass is 19.1. The van der Waals surface area contributed by atoms with Crippen molar-refractivity contribution in [1.82, 2.24) is 19.7 Å². The summed E-state index contributed by atoms with van der Waals surface area (Å²) in [4.78, 5) is 24.2. The van der Waals surface area contributed by atoms with E-state index in [9.17, 15) is 9.18 Å². The van der Waals surface area contributed by atoms with Crippen molar-refractivity contribution in [3.63, 3.8) is 0 Å². The van der Waals surface area contributed by atoms with Crippen LogP contribution in [0.3, 0.4) is 0 Å². The van der Waals surface area contributed by atoms with Crippen molar-refractivity contribution < 1.29 is 9.18 Å². The zero-order valence-electron chi connectivity index (χ0n) is 16.5. The van der Waals surface area contributed by atoms with Crippen molar-refractivity contribution in [1.29, 1.82) is 0 Å². The number of nitrogens with one attached hydrogen (secondary N) is 1. The van der Waals surface area contributed by atoms with Gasteiger partial charge in [-0.05, 0) is 54.8 Å². The summed E-state index contributed by atoms with van der Waals surface area (Å²) in [6.45, 7) is 1.77. The summed E-state index contributed by atoms with van der Waals surface area (Å²) >= 11 is 0. The highest BCUT2D eigenvalue weighted by Crippen LogP contribution is 2.28. The molecule has 0 radical (unpaired) electrons. The Hall–Kier alpha value is -3.48. The molecule has 0 unspecified atom stereocenters. The lowest BCUT2D eigenvalue weighted by atomic mass is 9.97. The van der Waals surface area contributed by atoms with Gasteiger partial charge in [-0.3, -0.25) is 4.79 Å². The minimum Gasteiger partial charge on any atom is -0.354 e. The van der Waals surface area contributed by atoms with Crippen molar-refractivity contribution in [3.05, 3.63) is 72.3 Å². The fourth-order valence-electron chi connectivity index (χ4n) is 4.19. The van der Waals surface area contributed by atoms with Crippen molar-refractivity contribution in [2.45, 2.75) is 19.4 Å². The van der Waals surface area contributed by atoms with E-state index in [0.717, 1.165) is 41.8 Å². The molecule has 152 valence electrons. The molecule has 5 rings (SSSR count). The number of rotatable bonds is 4. The number of fused-ring (bicyclic) bond motifs is 3. The molecule has 0 saturated carbocycles. The molecular formula is C23H22FN5O. The van der Waals surface area contributed by atoms with Gasteiger partial charge < -0.3 is 14.6 Å². The molecule has 4 heterocycles. The minimum absolute atomic E-state index is 0.00530. The summed E-state index contributed by atoms with van der Waals surface area (Å²) in [6, 6.07) is 14.3. The van der Waals surface area contributed by atoms with Crippen LogP contribution in [-0.4, -0.2) is 33.4 Å². The van der Waals surface area contributed by atoms with Crippen molar-refractivity contribution in [2.75, 3.05) is 18.0 Å². The maximum atomic E-state index is 13.4. The van der Waals surface area contributed by atoms with Gasteiger partial charge in [0, 0.05) is 32.0 Å². The predicted octanol–water partition coefficient (Wildman–Crippen LogP) is 3.55. The van der Waals surface area contributed by atoms with Gasteiger partial charge in [-0.25, -0.2) is 14.4 Å². The highest BCUT2D eigenvalue weighted by Gasteiger charge is 2.28. The monoisotopic (exact) mass is 403 g/mol. The zero-order chi connectivity index (χ0) is 20.5. The first-order valence-corrected chi connectivity index (χ1v) is 10.2. The fourth-order valence-corrected chi connectivity index (χ4v) is 4.19. The lowest BCUT2D eigenvalue weighted by Crippen LogP contribution is -2.43. The van der Waals surface area contributed by atoms with E-state index in [0.29, 0.717) is 18.7 Å². The third-order valence-electron chi connectivity index (χ3n) is 5.66. The van der Waals surface area contributed by atoms with E-state index >= 15 is 0 Å². The molecule has 6 nitrogen and oxygen atoms in total. The molecule has 3 aromatic heterocycles. The molecule has 4 aromatic rings. The number of aromatic nitrogens is 3. The lowest BCUT2D eigenvalue weighted by molar-refractivity contribution is -0.125. The molecule has 1 saturated heterocycles. The molecule has 0 bridgehead atoms. The quantitative estimate of drug-likeness (QED) is 0.566.